The van der Waals surface area contributed by atoms with Crippen LogP contribution in [0.3, 0.4) is 0 Å². The molecule has 0 aromatic rings. The molecule has 2 atom stereocenters. The van der Waals surface area contributed by atoms with Crippen molar-refractivity contribution >= 4 is 45.9 Å². The van der Waals surface area contributed by atoms with Gasteiger partial charge in [-0.2, -0.15) is 0 Å². The highest BCUT2D eigenvalue weighted by Gasteiger charge is 2.37. The minimum absolute atomic E-state index is 0. The predicted octanol–water partition coefficient (Wildman–Crippen LogP) is 0.920. The lowest BCUT2D eigenvalue weighted by Gasteiger charge is -2.39. The third-order valence-corrected chi connectivity index (χ3v) is 6.57. The summed E-state index contributed by atoms with van der Waals surface area (Å²) in [4.78, 5) is 20.7. The number of rotatable bonds is 2. The van der Waals surface area contributed by atoms with Gasteiger partial charge < -0.3 is 19.9 Å². The van der Waals surface area contributed by atoms with E-state index in [0.717, 1.165) is 12.4 Å². The Balaban J connectivity index is 0.00000243. The van der Waals surface area contributed by atoms with E-state index in [2.05, 4.69) is 15.2 Å². The highest BCUT2D eigenvalue weighted by molar-refractivity contribution is 14.0. The summed E-state index contributed by atoms with van der Waals surface area (Å²) < 4.78 is 28.5. The number of hydrogen-bond acceptors (Lipinski definition) is 7. The van der Waals surface area contributed by atoms with E-state index in [4.69, 9.17) is 4.74 Å². The minimum atomic E-state index is -2.85. The Hall–Kier alpha value is -0.780. The standard InChI is InChI=1S/C16H28N4O4S.HI/c1-16(2,3)24-15(21)19-5-6-20-13(10-19)9-18-14(20)17-8-12-4-7-25(22,23)11-12;/h12-13H,4-11H2,1-3H3,(H,17,18);1H. The van der Waals surface area contributed by atoms with Gasteiger partial charge in [0.05, 0.1) is 24.1 Å². The van der Waals surface area contributed by atoms with Gasteiger partial charge in [0, 0.05) is 26.2 Å². The molecule has 3 rings (SSSR count). The molecule has 0 spiro atoms. The number of carbonyl (C=O) groups is 1. The van der Waals surface area contributed by atoms with Crippen LogP contribution in [0.2, 0.25) is 0 Å². The molecule has 10 heteroatoms. The van der Waals surface area contributed by atoms with Gasteiger partial charge in [0.2, 0.25) is 0 Å². The van der Waals surface area contributed by atoms with Crippen LogP contribution in [-0.4, -0.2) is 86.1 Å². The monoisotopic (exact) mass is 500 g/mol. The smallest absolute Gasteiger partial charge is 0.410 e. The molecule has 26 heavy (non-hydrogen) atoms. The number of carbonyl (C=O) groups excluding carboxylic acids is 1. The van der Waals surface area contributed by atoms with Gasteiger partial charge in [-0.25, -0.2) is 13.2 Å². The number of piperazine rings is 1. The molecule has 0 saturated carbocycles. The van der Waals surface area contributed by atoms with E-state index in [1.54, 1.807) is 4.90 Å². The van der Waals surface area contributed by atoms with Crippen LogP contribution < -0.4 is 5.32 Å². The molecular formula is C16H29IN4O4S. The van der Waals surface area contributed by atoms with E-state index in [-0.39, 0.29) is 47.8 Å². The number of amides is 1. The molecule has 3 heterocycles. The first-order chi connectivity index (χ1) is 11.6. The number of guanidine groups is 1. The number of nitrogens with zero attached hydrogens (tertiary/aromatic N) is 3. The van der Waals surface area contributed by atoms with Crippen molar-refractivity contribution < 1.29 is 17.9 Å². The molecule has 3 aliphatic rings. The first-order valence-corrected chi connectivity index (χ1v) is 10.7. The lowest BCUT2D eigenvalue weighted by Crippen LogP contribution is -2.57. The molecule has 0 aliphatic carbocycles. The van der Waals surface area contributed by atoms with Crippen LogP contribution >= 0.6 is 24.0 Å². The minimum Gasteiger partial charge on any atom is -0.444 e. The molecule has 150 valence electrons. The fraction of sp³-hybridized carbons (Fsp3) is 0.875. The van der Waals surface area contributed by atoms with Crippen LogP contribution in [0.1, 0.15) is 27.2 Å². The van der Waals surface area contributed by atoms with Crippen molar-refractivity contribution in [1.29, 1.82) is 0 Å². The van der Waals surface area contributed by atoms with E-state index in [1.807, 2.05) is 20.8 Å². The van der Waals surface area contributed by atoms with Gasteiger partial charge in [-0.3, -0.25) is 4.99 Å². The first-order valence-electron chi connectivity index (χ1n) is 8.86. The van der Waals surface area contributed by atoms with Gasteiger partial charge in [-0.05, 0) is 33.1 Å². The number of nitrogens with one attached hydrogen (secondary N) is 1. The molecule has 2 unspecified atom stereocenters. The van der Waals surface area contributed by atoms with Crippen LogP contribution in [0.15, 0.2) is 4.99 Å². The van der Waals surface area contributed by atoms with E-state index in [9.17, 15) is 13.2 Å². The summed E-state index contributed by atoms with van der Waals surface area (Å²) in [6.45, 7) is 8.78. The zero-order valence-corrected chi connectivity index (χ0v) is 18.7. The zero-order valence-electron chi connectivity index (χ0n) is 15.6. The normalized spacial score (nSPS) is 27.4. The number of hydrogen-bond donors (Lipinski definition) is 1. The summed E-state index contributed by atoms with van der Waals surface area (Å²) in [6, 6.07) is 0.163. The molecule has 0 aromatic carbocycles. The molecule has 1 N–H and O–H groups in total. The van der Waals surface area contributed by atoms with Crippen molar-refractivity contribution in [1.82, 2.24) is 15.1 Å². The third kappa shape index (κ3) is 5.37. The maximum atomic E-state index is 12.2. The molecular weight excluding hydrogens is 471 g/mol. The molecule has 2 fully saturated rings. The lowest BCUT2D eigenvalue weighted by atomic mass is 10.1. The van der Waals surface area contributed by atoms with Gasteiger partial charge in [0.15, 0.2) is 15.8 Å². The molecule has 8 nitrogen and oxygen atoms in total. The number of fused-ring (bicyclic) bond motifs is 1. The van der Waals surface area contributed by atoms with E-state index >= 15 is 0 Å². The highest BCUT2D eigenvalue weighted by atomic mass is 127. The van der Waals surface area contributed by atoms with Crippen LogP contribution in [-0.2, 0) is 14.6 Å². The molecule has 3 aliphatic heterocycles. The second-order valence-electron chi connectivity index (χ2n) is 8.09. The lowest BCUT2D eigenvalue weighted by molar-refractivity contribution is 0.0137. The second kappa shape index (κ2) is 8.07. The summed E-state index contributed by atoms with van der Waals surface area (Å²) in [7, 11) is -2.85. The molecule has 0 radical (unpaired) electrons. The van der Waals surface area contributed by atoms with Gasteiger partial charge in [-0.1, -0.05) is 0 Å². The van der Waals surface area contributed by atoms with Crippen molar-refractivity contribution in [2.75, 3.05) is 44.2 Å². The van der Waals surface area contributed by atoms with E-state index in [0.29, 0.717) is 38.5 Å². The largest absolute Gasteiger partial charge is 0.444 e. The summed E-state index contributed by atoms with van der Waals surface area (Å²) in [6.07, 6.45) is 0.447. The average molecular weight is 500 g/mol. The molecule has 2 saturated heterocycles. The van der Waals surface area contributed by atoms with Crippen molar-refractivity contribution in [3.63, 3.8) is 0 Å². The van der Waals surface area contributed by atoms with Crippen LogP contribution in [0.4, 0.5) is 4.79 Å². The van der Waals surface area contributed by atoms with Crippen molar-refractivity contribution in [3.8, 4) is 0 Å². The number of sulfone groups is 1. The summed E-state index contributed by atoms with van der Waals surface area (Å²) in [5.41, 5.74) is -0.491. The summed E-state index contributed by atoms with van der Waals surface area (Å²) in [5, 5.41) is 3.32. The zero-order chi connectivity index (χ0) is 18.2. The fourth-order valence-corrected chi connectivity index (χ4v) is 5.35. The topological polar surface area (TPSA) is 91.3 Å². The van der Waals surface area contributed by atoms with Crippen molar-refractivity contribution in [2.45, 2.75) is 38.8 Å². The van der Waals surface area contributed by atoms with Crippen LogP contribution in [0.5, 0.6) is 0 Å². The Morgan fingerprint density at radius 1 is 1.35 bits per heavy atom. The van der Waals surface area contributed by atoms with E-state index in [1.165, 1.54) is 0 Å². The number of ether oxygens (including phenoxy) is 1. The van der Waals surface area contributed by atoms with E-state index < -0.39 is 15.4 Å². The highest BCUT2D eigenvalue weighted by Crippen LogP contribution is 2.20. The summed E-state index contributed by atoms with van der Waals surface area (Å²) >= 11 is 0. The maximum absolute atomic E-state index is 12.2. The predicted molar refractivity (Wildman–Crippen MR) is 111 cm³/mol. The Bertz CT molecular complexity index is 662. The quantitative estimate of drug-likeness (QED) is 0.568. The Morgan fingerprint density at radius 3 is 2.69 bits per heavy atom. The first kappa shape index (κ1) is 21.5. The van der Waals surface area contributed by atoms with Crippen LogP contribution in [0.25, 0.3) is 0 Å². The van der Waals surface area contributed by atoms with Gasteiger partial charge in [-0.15, -0.1) is 24.0 Å². The molecule has 0 aromatic heterocycles. The van der Waals surface area contributed by atoms with Gasteiger partial charge >= 0.3 is 6.09 Å². The Labute approximate surface area is 172 Å². The number of aliphatic imine (C=N–C) groups is 1. The maximum Gasteiger partial charge on any atom is 0.410 e. The third-order valence-electron chi connectivity index (χ3n) is 4.73. The SMILES string of the molecule is CC(C)(C)OC(=O)N1CCN2C(NCC3CCS(=O)(=O)C3)=NCC2C1.I. The fourth-order valence-electron chi connectivity index (χ4n) is 3.49. The van der Waals surface area contributed by atoms with Crippen molar-refractivity contribution in [2.24, 2.45) is 10.9 Å². The van der Waals surface area contributed by atoms with Crippen LogP contribution in [0, 0.1) is 5.92 Å². The molecule has 1 amide bonds. The number of halogens is 1. The summed E-state index contributed by atoms with van der Waals surface area (Å²) in [5.74, 6) is 1.56. The average Bonchev–Trinajstić information content (AvgIpc) is 3.05. The second-order valence-corrected chi connectivity index (χ2v) is 10.3. The van der Waals surface area contributed by atoms with Crippen molar-refractivity contribution in [3.05, 3.63) is 0 Å². The van der Waals surface area contributed by atoms with Gasteiger partial charge in [0.1, 0.15) is 5.60 Å². The molecule has 0 bridgehead atoms. The Morgan fingerprint density at radius 2 is 2.08 bits per heavy atom. The Kier molecular flexibility index (Phi) is 6.68. The van der Waals surface area contributed by atoms with Gasteiger partial charge in [0.25, 0.3) is 0 Å².